The van der Waals surface area contributed by atoms with Crippen LogP contribution >= 0.6 is 0 Å². The molecule has 3 rings (SSSR count). The predicted molar refractivity (Wildman–Crippen MR) is 63.2 cm³/mol. The van der Waals surface area contributed by atoms with E-state index in [0.717, 1.165) is 11.3 Å². The maximum atomic E-state index is 10.9. The van der Waals surface area contributed by atoms with Crippen molar-refractivity contribution in [2.24, 2.45) is 0 Å². The van der Waals surface area contributed by atoms with Crippen LogP contribution < -0.4 is 0 Å². The summed E-state index contributed by atoms with van der Waals surface area (Å²) in [6, 6.07) is 5.50. The maximum Gasteiger partial charge on any atom is 0.356 e. The van der Waals surface area contributed by atoms with Crippen molar-refractivity contribution in [1.29, 1.82) is 0 Å². The first-order chi connectivity index (χ1) is 8.75. The lowest BCUT2D eigenvalue weighted by molar-refractivity contribution is 0.0691. The number of carboxylic acid groups (broad SMARTS) is 1. The third kappa shape index (κ3) is 1.60. The number of nitrogens with zero attached hydrogens (tertiary/aromatic N) is 4. The van der Waals surface area contributed by atoms with Crippen LogP contribution in [-0.2, 0) is 0 Å². The summed E-state index contributed by atoms with van der Waals surface area (Å²) in [4.78, 5) is 22.9. The highest BCUT2D eigenvalue weighted by molar-refractivity contribution is 5.86. The van der Waals surface area contributed by atoms with Gasteiger partial charge in [0.05, 0.1) is 5.69 Å². The van der Waals surface area contributed by atoms with Gasteiger partial charge in [0.15, 0.2) is 5.69 Å². The van der Waals surface area contributed by atoms with Crippen molar-refractivity contribution in [3.05, 3.63) is 48.7 Å². The Labute approximate surface area is 102 Å². The molecule has 0 fully saturated rings. The molecule has 3 aromatic heterocycles. The van der Waals surface area contributed by atoms with Gasteiger partial charge in [-0.15, -0.1) is 0 Å². The fourth-order valence-corrected chi connectivity index (χ4v) is 1.75. The Morgan fingerprint density at radius 2 is 2.17 bits per heavy atom. The van der Waals surface area contributed by atoms with Gasteiger partial charge >= 0.3 is 5.97 Å². The highest BCUT2D eigenvalue weighted by Crippen LogP contribution is 2.18. The molecule has 0 unspecified atom stereocenters. The molecule has 3 heterocycles. The van der Waals surface area contributed by atoms with E-state index in [1.54, 1.807) is 29.1 Å². The summed E-state index contributed by atoms with van der Waals surface area (Å²) in [6.07, 6.45) is 6.43. The quantitative estimate of drug-likeness (QED) is 0.734. The van der Waals surface area contributed by atoms with Gasteiger partial charge in [0.2, 0.25) is 5.78 Å². The fourth-order valence-electron chi connectivity index (χ4n) is 1.75. The lowest BCUT2D eigenvalue weighted by Crippen LogP contribution is -1.95. The molecule has 6 heteroatoms. The number of carboxylic acids is 1. The van der Waals surface area contributed by atoms with Crippen LogP contribution in [0.25, 0.3) is 17.0 Å². The van der Waals surface area contributed by atoms with E-state index in [1.807, 2.05) is 12.1 Å². The molecule has 0 aliphatic carbocycles. The third-order valence-electron chi connectivity index (χ3n) is 2.55. The zero-order valence-corrected chi connectivity index (χ0v) is 9.19. The van der Waals surface area contributed by atoms with Gasteiger partial charge in [-0.1, -0.05) is 0 Å². The molecule has 0 radical (unpaired) electrons. The standard InChI is InChI=1S/C12H8N4O2/c17-11(18)9-7-16-10(3-5-14-12(16)15-9)8-2-1-4-13-6-8/h1-7H,(H,17,18). The first-order valence-corrected chi connectivity index (χ1v) is 5.23. The minimum atomic E-state index is -1.07. The summed E-state index contributed by atoms with van der Waals surface area (Å²) >= 11 is 0. The lowest BCUT2D eigenvalue weighted by Gasteiger charge is -2.03. The normalized spacial score (nSPS) is 10.7. The summed E-state index contributed by atoms with van der Waals surface area (Å²) in [5.41, 5.74) is 1.64. The van der Waals surface area contributed by atoms with E-state index in [4.69, 9.17) is 5.11 Å². The zero-order chi connectivity index (χ0) is 12.5. The van der Waals surface area contributed by atoms with Gasteiger partial charge in [-0.2, -0.15) is 0 Å². The highest BCUT2D eigenvalue weighted by Gasteiger charge is 2.12. The van der Waals surface area contributed by atoms with E-state index in [0.29, 0.717) is 5.78 Å². The minimum Gasteiger partial charge on any atom is -0.476 e. The molecule has 0 aromatic carbocycles. The molecule has 0 aliphatic heterocycles. The van der Waals surface area contributed by atoms with Crippen molar-refractivity contribution >= 4 is 11.7 Å². The van der Waals surface area contributed by atoms with Gasteiger partial charge in [-0.05, 0) is 18.2 Å². The average Bonchev–Trinajstić information content (AvgIpc) is 2.83. The second-order valence-corrected chi connectivity index (χ2v) is 3.67. The van der Waals surface area contributed by atoms with E-state index in [1.165, 1.54) is 6.20 Å². The number of hydrogen-bond acceptors (Lipinski definition) is 4. The van der Waals surface area contributed by atoms with Crippen LogP contribution in [0, 0.1) is 0 Å². The summed E-state index contributed by atoms with van der Waals surface area (Å²) in [7, 11) is 0. The molecule has 0 saturated carbocycles. The average molecular weight is 240 g/mol. The molecule has 1 N–H and O–H groups in total. The Morgan fingerprint density at radius 3 is 2.89 bits per heavy atom. The molecule has 0 aliphatic rings. The Balaban J connectivity index is 2.27. The molecule has 0 amide bonds. The molecular weight excluding hydrogens is 232 g/mol. The van der Waals surface area contributed by atoms with Crippen LogP contribution in [0.15, 0.2) is 43.0 Å². The zero-order valence-electron chi connectivity index (χ0n) is 9.19. The Morgan fingerprint density at radius 1 is 1.28 bits per heavy atom. The molecule has 0 atom stereocenters. The molecule has 18 heavy (non-hydrogen) atoms. The maximum absolute atomic E-state index is 10.9. The summed E-state index contributed by atoms with van der Waals surface area (Å²) in [6.45, 7) is 0. The monoisotopic (exact) mass is 240 g/mol. The minimum absolute atomic E-state index is 0.0289. The van der Waals surface area contributed by atoms with E-state index in [2.05, 4.69) is 15.0 Å². The van der Waals surface area contributed by atoms with Gasteiger partial charge in [-0.25, -0.2) is 14.8 Å². The van der Waals surface area contributed by atoms with E-state index in [9.17, 15) is 4.79 Å². The number of hydrogen-bond donors (Lipinski definition) is 1. The van der Waals surface area contributed by atoms with E-state index < -0.39 is 5.97 Å². The molecule has 0 spiro atoms. The second-order valence-electron chi connectivity index (χ2n) is 3.67. The Hall–Kier alpha value is -2.76. The van der Waals surface area contributed by atoms with Crippen molar-refractivity contribution in [3.8, 4) is 11.3 Å². The molecule has 6 nitrogen and oxygen atoms in total. The van der Waals surface area contributed by atoms with Crippen LogP contribution in [0.1, 0.15) is 10.5 Å². The van der Waals surface area contributed by atoms with E-state index >= 15 is 0 Å². The molecule has 3 aromatic rings. The molecular formula is C12H8N4O2. The van der Waals surface area contributed by atoms with Crippen molar-refractivity contribution in [2.75, 3.05) is 0 Å². The fraction of sp³-hybridized carbons (Fsp3) is 0. The number of rotatable bonds is 2. The van der Waals surface area contributed by atoms with Gasteiger partial charge in [0, 0.05) is 30.4 Å². The molecule has 0 saturated heterocycles. The van der Waals surface area contributed by atoms with E-state index in [-0.39, 0.29) is 5.69 Å². The number of pyridine rings is 1. The Bertz CT molecular complexity index is 721. The number of aromatic nitrogens is 4. The van der Waals surface area contributed by atoms with Crippen LogP contribution in [0.3, 0.4) is 0 Å². The van der Waals surface area contributed by atoms with Crippen molar-refractivity contribution in [1.82, 2.24) is 19.4 Å². The lowest BCUT2D eigenvalue weighted by atomic mass is 10.2. The van der Waals surface area contributed by atoms with Gasteiger partial charge in [0.1, 0.15) is 0 Å². The summed E-state index contributed by atoms with van der Waals surface area (Å²) in [5, 5.41) is 8.93. The Kier molecular flexibility index (Phi) is 2.26. The van der Waals surface area contributed by atoms with Crippen LogP contribution in [0.2, 0.25) is 0 Å². The predicted octanol–water partition coefficient (Wildman–Crippen LogP) is 1.49. The topological polar surface area (TPSA) is 80.4 Å². The van der Waals surface area contributed by atoms with Crippen molar-refractivity contribution in [3.63, 3.8) is 0 Å². The summed E-state index contributed by atoms with van der Waals surface area (Å²) < 4.78 is 1.64. The molecule has 88 valence electrons. The molecule has 0 bridgehead atoms. The summed E-state index contributed by atoms with van der Waals surface area (Å²) in [5.74, 6) is -0.716. The highest BCUT2D eigenvalue weighted by atomic mass is 16.4. The van der Waals surface area contributed by atoms with Crippen molar-refractivity contribution < 1.29 is 9.90 Å². The number of carbonyl (C=O) groups is 1. The smallest absolute Gasteiger partial charge is 0.356 e. The van der Waals surface area contributed by atoms with Crippen LogP contribution in [0.5, 0.6) is 0 Å². The van der Waals surface area contributed by atoms with Gasteiger partial charge in [-0.3, -0.25) is 9.38 Å². The largest absolute Gasteiger partial charge is 0.476 e. The second kappa shape index (κ2) is 3.92. The first-order valence-electron chi connectivity index (χ1n) is 5.23. The number of fused-ring (bicyclic) bond motifs is 1. The van der Waals surface area contributed by atoms with Crippen molar-refractivity contribution in [2.45, 2.75) is 0 Å². The van der Waals surface area contributed by atoms with Gasteiger partial charge < -0.3 is 5.11 Å². The SMILES string of the molecule is O=C(O)c1cn2c(-c3cccnc3)ccnc2n1. The third-order valence-corrected chi connectivity index (χ3v) is 2.55. The number of aromatic carboxylic acids is 1. The van der Waals surface area contributed by atoms with Crippen LogP contribution in [0.4, 0.5) is 0 Å². The number of imidazole rings is 1. The first kappa shape index (κ1) is 10.4. The van der Waals surface area contributed by atoms with Gasteiger partial charge in [0.25, 0.3) is 0 Å². The van der Waals surface area contributed by atoms with Crippen LogP contribution in [-0.4, -0.2) is 30.4 Å².